The largest absolute Gasteiger partial charge is 0.393 e. The van der Waals surface area contributed by atoms with E-state index < -0.39 is 0 Å². The monoisotopic (exact) mass is 395 g/mol. The minimum absolute atomic E-state index is 0.0637. The van der Waals surface area contributed by atoms with Crippen molar-refractivity contribution in [1.29, 1.82) is 0 Å². The summed E-state index contributed by atoms with van der Waals surface area (Å²) in [6.07, 6.45) is 15.8. The number of aliphatic hydroxyl groups excluding tert-OH is 1. The first-order valence-electron chi connectivity index (χ1n) is 11.9. The molecule has 0 amide bonds. The summed E-state index contributed by atoms with van der Waals surface area (Å²) in [4.78, 5) is 0. The van der Waals surface area contributed by atoms with Crippen molar-refractivity contribution in [3.8, 4) is 0 Å². The Bertz CT molecular complexity index is 623. The highest BCUT2D eigenvalue weighted by molar-refractivity contribution is 5.59. The number of unbranched alkanes of at least 4 members (excludes halogenated alkanes) is 8. The van der Waals surface area contributed by atoms with Crippen LogP contribution in [0.3, 0.4) is 0 Å². The molecule has 0 fully saturated rings. The standard InChI is InChI=1S/C27H41NO/c1-2-3-4-13-18-27(29)19-14-8-6-5-7-10-15-24-20-22-26(23-21-24)28-25-16-11-9-12-17-25/h9,11-12,16-17,20-23,27-29H,2-8,10,13-15,18-19H2,1H3. The number of aliphatic hydroxyl groups is 1. The maximum atomic E-state index is 10.0. The van der Waals surface area contributed by atoms with Crippen molar-refractivity contribution in [2.24, 2.45) is 0 Å². The highest BCUT2D eigenvalue weighted by atomic mass is 16.3. The van der Waals surface area contributed by atoms with Gasteiger partial charge in [0, 0.05) is 11.4 Å². The lowest BCUT2D eigenvalue weighted by atomic mass is 10.0. The minimum atomic E-state index is -0.0637. The van der Waals surface area contributed by atoms with Crippen LogP contribution >= 0.6 is 0 Å². The smallest absolute Gasteiger partial charge is 0.0540 e. The molecule has 0 spiro atoms. The summed E-state index contributed by atoms with van der Waals surface area (Å²) in [7, 11) is 0. The van der Waals surface area contributed by atoms with E-state index in [0.717, 1.165) is 24.2 Å². The third-order valence-electron chi connectivity index (χ3n) is 5.66. The molecule has 29 heavy (non-hydrogen) atoms. The van der Waals surface area contributed by atoms with Crippen LogP contribution in [0.1, 0.15) is 89.5 Å². The number of anilines is 2. The average molecular weight is 396 g/mol. The Hall–Kier alpha value is -1.80. The zero-order valence-electron chi connectivity index (χ0n) is 18.4. The van der Waals surface area contributed by atoms with Gasteiger partial charge in [-0.15, -0.1) is 0 Å². The molecule has 0 radical (unpaired) electrons. The van der Waals surface area contributed by atoms with E-state index in [-0.39, 0.29) is 6.10 Å². The Morgan fingerprint density at radius 3 is 1.86 bits per heavy atom. The van der Waals surface area contributed by atoms with Crippen LogP contribution in [0.2, 0.25) is 0 Å². The van der Waals surface area contributed by atoms with E-state index in [9.17, 15) is 5.11 Å². The highest BCUT2D eigenvalue weighted by Gasteiger charge is 2.03. The molecular weight excluding hydrogens is 354 g/mol. The quantitative estimate of drug-likeness (QED) is 0.282. The van der Waals surface area contributed by atoms with E-state index in [1.807, 2.05) is 18.2 Å². The van der Waals surface area contributed by atoms with Crippen LogP contribution < -0.4 is 5.32 Å². The van der Waals surface area contributed by atoms with Gasteiger partial charge in [-0.2, -0.15) is 0 Å². The van der Waals surface area contributed by atoms with Crippen molar-refractivity contribution in [2.45, 2.75) is 96.5 Å². The molecule has 0 aliphatic rings. The molecule has 2 N–H and O–H groups in total. The van der Waals surface area contributed by atoms with Crippen molar-refractivity contribution >= 4 is 11.4 Å². The van der Waals surface area contributed by atoms with Gasteiger partial charge < -0.3 is 10.4 Å². The third kappa shape index (κ3) is 11.1. The number of aryl methyl sites for hydroxylation is 1. The van der Waals surface area contributed by atoms with Crippen molar-refractivity contribution in [3.63, 3.8) is 0 Å². The molecule has 1 unspecified atom stereocenters. The summed E-state index contributed by atoms with van der Waals surface area (Å²) in [5, 5.41) is 13.4. The van der Waals surface area contributed by atoms with Crippen LogP contribution in [0.15, 0.2) is 54.6 Å². The van der Waals surface area contributed by atoms with Gasteiger partial charge in [0.2, 0.25) is 0 Å². The van der Waals surface area contributed by atoms with E-state index >= 15 is 0 Å². The van der Waals surface area contributed by atoms with Crippen molar-refractivity contribution in [3.05, 3.63) is 60.2 Å². The fraction of sp³-hybridized carbons (Fsp3) is 0.556. The number of hydrogen-bond acceptors (Lipinski definition) is 2. The van der Waals surface area contributed by atoms with E-state index in [4.69, 9.17) is 0 Å². The number of rotatable bonds is 16. The summed E-state index contributed by atoms with van der Waals surface area (Å²) in [5.74, 6) is 0. The molecule has 0 aliphatic carbocycles. The maximum absolute atomic E-state index is 10.0. The first-order valence-corrected chi connectivity index (χ1v) is 11.9. The molecule has 1 atom stereocenters. The van der Waals surface area contributed by atoms with E-state index in [1.54, 1.807) is 0 Å². The van der Waals surface area contributed by atoms with Crippen molar-refractivity contribution in [2.75, 3.05) is 5.32 Å². The summed E-state index contributed by atoms with van der Waals surface area (Å²) in [6.45, 7) is 2.23. The Morgan fingerprint density at radius 1 is 0.655 bits per heavy atom. The maximum Gasteiger partial charge on any atom is 0.0540 e. The highest BCUT2D eigenvalue weighted by Crippen LogP contribution is 2.18. The van der Waals surface area contributed by atoms with E-state index in [0.29, 0.717) is 0 Å². The fourth-order valence-corrected chi connectivity index (χ4v) is 3.81. The van der Waals surface area contributed by atoms with Gasteiger partial charge in [-0.25, -0.2) is 0 Å². The van der Waals surface area contributed by atoms with Gasteiger partial charge in [-0.1, -0.05) is 95.0 Å². The van der Waals surface area contributed by atoms with E-state index in [2.05, 4.69) is 48.6 Å². The van der Waals surface area contributed by atoms with E-state index in [1.165, 1.54) is 76.2 Å². The zero-order chi connectivity index (χ0) is 20.6. The van der Waals surface area contributed by atoms with Crippen molar-refractivity contribution < 1.29 is 5.11 Å². The minimum Gasteiger partial charge on any atom is -0.393 e. The predicted octanol–water partition coefficient (Wildman–Crippen LogP) is 8.03. The van der Waals surface area contributed by atoms with Gasteiger partial charge in [0.15, 0.2) is 0 Å². The predicted molar refractivity (Wildman–Crippen MR) is 127 cm³/mol. The van der Waals surface area contributed by atoms with Gasteiger partial charge in [-0.05, 0) is 55.5 Å². The second-order valence-corrected chi connectivity index (χ2v) is 8.35. The molecule has 0 heterocycles. The Morgan fingerprint density at radius 2 is 1.21 bits per heavy atom. The molecule has 0 saturated carbocycles. The van der Waals surface area contributed by atoms with Crippen LogP contribution in [0.5, 0.6) is 0 Å². The molecule has 2 nitrogen and oxygen atoms in total. The van der Waals surface area contributed by atoms with Gasteiger partial charge in [0.1, 0.15) is 0 Å². The molecule has 2 aromatic carbocycles. The third-order valence-corrected chi connectivity index (χ3v) is 5.66. The van der Waals surface area contributed by atoms with Crippen LogP contribution in [0.25, 0.3) is 0 Å². The zero-order valence-corrected chi connectivity index (χ0v) is 18.4. The molecule has 2 heteroatoms. The van der Waals surface area contributed by atoms with Crippen LogP contribution in [-0.4, -0.2) is 11.2 Å². The molecule has 2 rings (SSSR count). The molecular formula is C27H41NO. The first kappa shape index (κ1) is 23.5. The molecule has 160 valence electrons. The fourth-order valence-electron chi connectivity index (χ4n) is 3.81. The number of nitrogens with one attached hydrogen (secondary N) is 1. The van der Waals surface area contributed by atoms with Crippen molar-refractivity contribution in [1.82, 2.24) is 0 Å². The number of benzene rings is 2. The second-order valence-electron chi connectivity index (χ2n) is 8.35. The second kappa shape index (κ2) is 15.1. The summed E-state index contributed by atoms with van der Waals surface area (Å²) in [5.41, 5.74) is 3.70. The van der Waals surface area contributed by atoms with Crippen LogP contribution in [0.4, 0.5) is 11.4 Å². The topological polar surface area (TPSA) is 32.3 Å². The lowest BCUT2D eigenvalue weighted by Gasteiger charge is -2.10. The molecule has 0 bridgehead atoms. The Balaban J connectivity index is 1.46. The summed E-state index contributed by atoms with van der Waals surface area (Å²) >= 11 is 0. The normalized spacial score (nSPS) is 12.1. The average Bonchev–Trinajstić information content (AvgIpc) is 2.75. The SMILES string of the molecule is CCCCCCC(O)CCCCCCCCc1ccc(Nc2ccccc2)cc1. The Labute approximate surface area is 178 Å². The van der Waals surface area contributed by atoms with Crippen LogP contribution in [-0.2, 0) is 6.42 Å². The van der Waals surface area contributed by atoms with Gasteiger partial charge in [0.25, 0.3) is 0 Å². The molecule has 0 saturated heterocycles. The Kier molecular flexibility index (Phi) is 12.2. The lowest BCUT2D eigenvalue weighted by molar-refractivity contribution is 0.147. The molecule has 0 aromatic heterocycles. The summed E-state index contributed by atoms with van der Waals surface area (Å²) in [6, 6.07) is 19.1. The molecule has 2 aromatic rings. The lowest BCUT2D eigenvalue weighted by Crippen LogP contribution is -2.05. The van der Waals surface area contributed by atoms with Gasteiger partial charge in [-0.3, -0.25) is 0 Å². The number of hydrogen-bond donors (Lipinski definition) is 2. The van der Waals surface area contributed by atoms with Gasteiger partial charge in [0.05, 0.1) is 6.10 Å². The van der Waals surface area contributed by atoms with Gasteiger partial charge >= 0.3 is 0 Å². The number of para-hydroxylation sites is 1. The van der Waals surface area contributed by atoms with Crippen LogP contribution in [0, 0.1) is 0 Å². The molecule has 0 aliphatic heterocycles. The first-order chi connectivity index (χ1) is 14.3. The summed E-state index contributed by atoms with van der Waals surface area (Å²) < 4.78 is 0.